The summed E-state index contributed by atoms with van der Waals surface area (Å²) in [6, 6.07) is 0. The maximum Gasteiger partial charge on any atom is -0.0112 e. The Kier molecular flexibility index (Phi) is 6.03. The lowest BCUT2D eigenvalue weighted by Gasteiger charge is -1.98. The normalized spacial score (nSPS) is 14.0. The summed E-state index contributed by atoms with van der Waals surface area (Å²) in [5.41, 5.74) is 0. The van der Waals surface area contributed by atoms with Crippen LogP contribution < -0.4 is 0 Å². The summed E-state index contributed by atoms with van der Waals surface area (Å²) in [6.07, 6.45) is 4.25. The van der Waals surface area contributed by atoms with E-state index >= 15 is 0 Å². The van der Waals surface area contributed by atoms with Gasteiger partial charge in [0.2, 0.25) is 0 Å². The van der Waals surface area contributed by atoms with Crippen LogP contribution in [0.15, 0.2) is 22.0 Å². The minimum Gasteiger partial charge on any atom is -0.0775 e. The lowest BCUT2D eigenvalue weighted by Crippen LogP contribution is -1.62. The van der Waals surface area contributed by atoms with Crippen molar-refractivity contribution >= 4 is 21.6 Å². The smallest absolute Gasteiger partial charge is 0.0112 e. The van der Waals surface area contributed by atoms with Gasteiger partial charge in [0.15, 0.2) is 0 Å². The molecule has 0 aromatic carbocycles. The lowest BCUT2D eigenvalue weighted by atomic mass is 10.6. The Hall–Kier alpha value is 0.180. The average molecular weight is 174 g/mol. The van der Waals surface area contributed by atoms with E-state index in [4.69, 9.17) is 0 Å². The molecule has 0 N–H and O–H groups in total. The van der Waals surface area contributed by atoms with E-state index in [2.05, 4.69) is 39.8 Å². The highest BCUT2D eigenvalue weighted by Gasteiger charge is 1.90. The van der Waals surface area contributed by atoms with Crippen molar-refractivity contribution in [2.24, 2.45) is 0 Å². The molecule has 0 atom stereocenters. The van der Waals surface area contributed by atoms with Crippen molar-refractivity contribution in [2.75, 3.05) is 0 Å². The van der Waals surface area contributed by atoms with E-state index in [-0.39, 0.29) is 0 Å². The van der Waals surface area contributed by atoms with Gasteiger partial charge in [0.05, 0.1) is 0 Å². The summed E-state index contributed by atoms with van der Waals surface area (Å²) in [7, 11) is 3.64. The van der Waals surface area contributed by atoms with Gasteiger partial charge >= 0.3 is 0 Å². The summed E-state index contributed by atoms with van der Waals surface area (Å²) in [5.74, 6) is 0. The second-order valence-corrected chi connectivity index (χ2v) is 4.59. The van der Waals surface area contributed by atoms with E-state index in [1.807, 2.05) is 21.6 Å². The van der Waals surface area contributed by atoms with Crippen LogP contribution in [0.1, 0.15) is 27.7 Å². The van der Waals surface area contributed by atoms with Crippen LogP contribution in [-0.2, 0) is 0 Å². The van der Waals surface area contributed by atoms with Gasteiger partial charge in [-0.15, -0.1) is 0 Å². The molecule has 2 heteroatoms. The molecule has 0 aromatic rings. The first kappa shape index (κ1) is 10.2. The zero-order valence-electron chi connectivity index (χ0n) is 6.97. The minimum atomic E-state index is 1.37. The van der Waals surface area contributed by atoms with Crippen LogP contribution in [0.3, 0.4) is 0 Å². The van der Waals surface area contributed by atoms with Crippen molar-refractivity contribution in [1.82, 2.24) is 0 Å². The van der Waals surface area contributed by atoms with E-state index in [9.17, 15) is 0 Å². The van der Waals surface area contributed by atoms with Crippen molar-refractivity contribution in [3.63, 3.8) is 0 Å². The minimum absolute atomic E-state index is 1.37. The molecule has 0 fully saturated rings. The second kappa shape index (κ2) is 5.93. The summed E-state index contributed by atoms with van der Waals surface area (Å²) >= 11 is 0. The Morgan fingerprint density at radius 2 is 1.20 bits per heavy atom. The highest BCUT2D eigenvalue weighted by Crippen LogP contribution is 2.35. The third-order valence-electron chi connectivity index (χ3n) is 1.12. The Bertz CT molecular complexity index is 127. The van der Waals surface area contributed by atoms with E-state index < -0.39 is 0 Å². The molecule has 0 aliphatic carbocycles. The Morgan fingerprint density at radius 1 is 0.900 bits per heavy atom. The molecular weight excluding hydrogens is 160 g/mol. The first-order valence-corrected chi connectivity index (χ1v) is 5.46. The molecule has 0 unspecified atom stereocenters. The molecule has 0 bridgehead atoms. The Balaban J connectivity index is 3.56. The monoisotopic (exact) mass is 174 g/mol. The van der Waals surface area contributed by atoms with E-state index in [1.165, 1.54) is 9.81 Å². The van der Waals surface area contributed by atoms with Gasteiger partial charge in [-0.1, -0.05) is 33.7 Å². The van der Waals surface area contributed by atoms with Gasteiger partial charge in [0.25, 0.3) is 0 Å². The molecule has 0 saturated carbocycles. The SMILES string of the molecule is C/C=C(/C)SS/C(C)=C\C. The van der Waals surface area contributed by atoms with Crippen LogP contribution >= 0.6 is 21.6 Å². The summed E-state index contributed by atoms with van der Waals surface area (Å²) in [4.78, 5) is 2.73. The van der Waals surface area contributed by atoms with Crippen molar-refractivity contribution < 1.29 is 0 Å². The molecule has 58 valence electrons. The van der Waals surface area contributed by atoms with E-state index in [0.717, 1.165) is 0 Å². The summed E-state index contributed by atoms with van der Waals surface area (Å²) < 4.78 is 0. The van der Waals surface area contributed by atoms with Crippen LogP contribution in [0.25, 0.3) is 0 Å². The van der Waals surface area contributed by atoms with Crippen LogP contribution in [0.2, 0.25) is 0 Å². The second-order valence-electron chi connectivity index (χ2n) is 1.97. The van der Waals surface area contributed by atoms with Gasteiger partial charge in [-0.05, 0) is 37.5 Å². The number of allylic oxidation sites excluding steroid dienone is 4. The standard InChI is InChI=1S/C8H14S2/c1-5-7(3)9-10-8(4)6-2/h5-6H,1-4H3/b7-5-,8-6-. The summed E-state index contributed by atoms with van der Waals surface area (Å²) in [5, 5.41) is 0. The van der Waals surface area contributed by atoms with Gasteiger partial charge in [-0.2, -0.15) is 0 Å². The van der Waals surface area contributed by atoms with Gasteiger partial charge in [-0.3, -0.25) is 0 Å². The maximum atomic E-state index is 2.13. The maximum absolute atomic E-state index is 2.13. The average Bonchev–Trinajstić information content (AvgIpc) is 1.99. The Labute approximate surface area is 71.6 Å². The molecule has 0 aliphatic heterocycles. The first-order valence-electron chi connectivity index (χ1n) is 3.31. The van der Waals surface area contributed by atoms with Gasteiger partial charge < -0.3 is 0 Å². The highest BCUT2D eigenvalue weighted by molar-refractivity contribution is 8.79. The van der Waals surface area contributed by atoms with Gasteiger partial charge in [-0.25, -0.2) is 0 Å². The van der Waals surface area contributed by atoms with E-state index in [1.54, 1.807) is 0 Å². The third kappa shape index (κ3) is 5.00. The van der Waals surface area contributed by atoms with Crippen LogP contribution in [-0.4, -0.2) is 0 Å². The molecule has 0 spiro atoms. The van der Waals surface area contributed by atoms with Crippen LogP contribution in [0.5, 0.6) is 0 Å². The molecule has 0 radical (unpaired) electrons. The molecule has 0 amide bonds. The zero-order chi connectivity index (χ0) is 7.98. The molecule has 0 saturated heterocycles. The fourth-order valence-electron chi connectivity index (χ4n) is 0.228. The van der Waals surface area contributed by atoms with Crippen LogP contribution in [0.4, 0.5) is 0 Å². The molecule has 0 rings (SSSR count). The van der Waals surface area contributed by atoms with E-state index in [0.29, 0.717) is 0 Å². The van der Waals surface area contributed by atoms with Gasteiger partial charge in [0, 0.05) is 0 Å². The highest BCUT2D eigenvalue weighted by atomic mass is 33.1. The zero-order valence-corrected chi connectivity index (χ0v) is 8.60. The number of rotatable bonds is 3. The quantitative estimate of drug-likeness (QED) is 0.588. The van der Waals surface area contributed by atoms with Crippen molar-refractivity contribution in [2.45, 2.75) is 27.7 Å². The largest absolute Gasteiger partial charge is 0.0775 e. The van der Waals surface area contributed by atoms with Gasteiger partial charge in [0.1, 0.15) is 0 Å². The lowest BCUT2D eigenvalue weighted by molar-refractivity contribution is 1.60. The fourth-order valence-corrected chi connectivity index (χ4v) is 2.05. The molecule has 10 heavy (non-hydrogen) atoms. The van der Waals surface area contributed by atoms with Crippen molar-refractivity contribution in [3.8, 4) is 0 Å². The molecule has 0 aliphatic rings. The predicted molar refractivity (Wildman–Crippen MR) is 54.0 cm³/mol. The molecular formula is C8H14S2. The fraction of sp³-hybridized carbons (Fsp3) is 0.500. The third-order valence-corrected chi connectivity index (χ3v) is 4.03. The predicted octanol–water partition coefficient (Wildman–Crippen LogP) is 4.22. The molecule has 0 nitrogen and oxygen atoms in total. The molecule has 0 heterocycles. The van der Waals surface area contributed by atoms with Crippen LogP contribution in [0, 0.1) is 0 Å². The number of hydrogen-bond donors (Lipinski definition) is 0. The molecule has 0 aromatic heterocycles. The van der Waals surface area contributed by atoms with Crippen molar-refractivity contribution in [3.05, 3.63) is 22.0 Å². The Morgan fingerprint density at radius 3 is 1.40 bits per heavy atom. The topological polar surface area (TPSA) is 0 Å². The number of hydrogen-bond acceptors (Lipinski definition) is 2. The van der Waals surface area contributed by atoms with Crippen molar-refractivity contribution in [1.29, 1.82) is 0 Å². The first-order chi connectivity index (χ1) is 4.70. The summed E-state index contributed by atoms with van der Waals surface area (Å²) in [6.45, 7) is 8.38.